The Hall–Kier alpha value is -3.15. The first-order valence-electron chi connectivity index (χ1n) is 8.02. The van der Waals surface area contributed by atoms with Crippen LogP contribution in [0.3, 0.4) is 0 Å². The predicted molar refractivity (Wildman–Crippen MR) is 94.1 cm³/mol. The smallest absolute Gasteiger partial charge is 0.266 e. The summed E-state index contributed by atoms with van der Waals surface area (Å²) in [6.07, 6.45) is 1.14. The number of carbonyl (C=O) groups is 3. The molecule has 0 fully saturated rings. The summed E-state index contributed by atoms with van der Waals surface area (Å²) in [4.78, 5) is 38.0. The Morgan fingerprint density at radius 1 is 1.08 bits per heavy atom. The Morgan fingerprint density at radius 3 is 2.28 bits per heavy atom. The summed E-state index contributed by atoms with van der Waals surface area (Å²) in [5.41, 5.74) is 1.66. The molecule has 0 aromatic heterocycles. The molecule has 1 aliphatic rings. The van der Waals surface area contributed by atoms with E-state index in [1.54, 1.807) is 42.5 Å². The van der Waals surface area contributed by atoms with Gasteiger partial charge in [0.2, 0.25) is 5.91 Å². The van der Waals surface area contributed by atoms with Crippen molar-refractivity contribution in [2.24, 2.45) is 0 Å². The lowest BCUT2D eigenvalue weighted by molar-refractivity contribution is -0.116. The lowest BCUT2D eigenvalue weighted by atomic mass is 10.1. The third-order valence-corrected chi connectivity index (χ3v) is 3.99. The summed E-state index contributed by atoms with van der Waals surface area (Å²) < 4.78 is 5.31. The van der Waals surface area contributed by atoms with E-state index in [0.29, 0.717) is 34.7 Å². The van der Waals surface area contributed by atoms with Crippen LogP contribution in [0.25, 0.3) is 0 Å². The molecule has 3 amide bonds. The van der Waals surface area contributed by atoms with Gasteiger partial charge in [0.1, 0.15) is 5.75 Å². The fourth-order valence-electron chi connectivity index (χ4n) is 2.79. The molecule has 1 N–H and O–H groups in total. The number of amides is 3. The molecule has 128 valence electrons. The highest BCUT2D eigenvalue weighted by atomic mass is 16.5. The quantitative estimate of drug-likeness (QED) is 0.849. The summed E-state index contributed by atoms with van der Waals surface area (Å²) in [5, 5.41) is 2.77. The Morgan fingerprint density at radius 2 is 1.72 bits per heavy atom. The van der Waals surface area contributed by atoms with Gasteiger partial charge in [-0.25, -0.2) is 4.90 Å². The van der Waals surface area contributed by atoms with Crippen LogP contribution in [0.15, 0.2) is 42.5 Å². The van der Waals surface area contributed by atoms with Crippen LogP contribution in [0.2, 0.25) is 0 Å². The van der Waals surface area contributed by atoms with E-state index in [1.807, 2.05) is 6.92 Å². The molecule has 3 rings (SSSR count). The van der Waals surface area contributed by atoms with Crippen LogP contribution < -0.4 is 15.0 Å². The van der Waals surface area contributed by atoms with E-state index in [0.717, 1.165) is 11.3 Å². The lowest BCUT2D eigenvalue weighted by Gasteiger charge is -2.17. The molecular weight excluding hydrogens is 320 g/mol. The highest BCUT2D eigenvalue weighted by Gasteiger charge is 2.36. The third kappa shape index (κ3) is 2.98. The molecule has 0 atom stereocenters. The first kappa shape index (κ1) is 16.7. The molecule has 0 unspecified atom stereocenters. The van der Waals surface area contributed by atoms with Gasteiger partial charge >= 0.3 is 0 Å². The van der Waals surface area contributed by atoms with Crippen LogP contribution >= 0.6 is 0 Å². The molecule has 0 saturated carbocycles. The number of ether oxygens (including phenoxy) is 1. The monoisotopic (exact) mass is 338 g/mol. The molecule has 0 radical (unpaired) electrons. The molecule has 6 nitrogen and oxygen atoms in total. The zero-order valence-corrected chi connectivity index (χ0v) is 14.0. The Labute approximate surface area is 145 Å². The van der Waals surface area contributed by atoms with Gasteiger partial charge in [-0.15, -0.1) is 0 Å². The molecule has 0 aliphatic carbocycles. The molecule has 2 aromatic carbocycles. The average molecular weight is 338 g/mol. The minimum Gasteiger partial charge on any atom is -0.494 e. The van der Waals surface area contributed by atoms with Crippen molar-refractivity contribution in [2.45, 2.75) is 19.8 Å². The third-order valence-electron chi connectivity index (χ3n) is 3.99. The maximum absolute atomic E-state index is 12.5. The van der Waals surface area contributed by atoms with Crippen LogP contribution in [-0.4, -0.2) is 24.8 Å². The largest absolute Gasteiger partial charge is 0.494 e. The second-order valence-electron chi connectivity index (χ2n) is 5.67. The summed E-state index contributed by atoms with van der Waals surface area (Å²) in [6.45, 7) is 1.92. The number of hydrogen-bond donors (Lipinski definition) is 1. The fraction of sp³-hybridized carbons (Fsp3) is 0.211. The minimum absolute atomic E-state index is 0.116. The van der Waals surface area contributed by atoms with Gasteiger partial charge < -0.3 is 10.1 Å². The van der Waals surface area contributed by atoms with Crippen molar-refractivity contribution >= 4 is 29.1 Å². The van der Waals surface area contributed by atoms with E-state index < -0.39 is 0 Å². The zero-order chi connectivity index (χ0) is 18.0. The molecule has 2 aromatic rings. The zero-order valence-electron chi connectivity index (χ0n) is 14.0. The van der Waals surface area contributed by atoms with E-state index in [4.69, 9.17) is 4.74 Å². The van der Waals surface area contributed by atoms with Gasteiger partial charge in [-0.2, -0.15) is 0 Å². The van der Waals surface area contributed by atoms with Crippen molar-refractivity contribution in [3.63, 3.8) is 0 Å². The topological polar surface area (TPSA) is 75.7 Å². The van der Waals surface area contributed by atoms with Crippen molar-refractivity contribution < 1.29 is 19.1 Å². The van der Waals surface area contributed by atoms with Gasteiger partial charge in [-0.3, -0.25) is 14.4 Å². The number of carbonyl (C=O) groups excluding carboxylic acids is 3. The predicted octanol–water partition coefficient (Wildman–Crippen LogP) is 3.23. The fourth-order valence-corrected chi connectivity index (χ4v) is 2.79. The maximum atomic E-state index is 12.5. The van der Waals surface area contributed by atoms with Crippen molar-refractivity contribution in [1.82, 2.24) is 0 Å². The molecule has 0 spiro atoms. The summed E-state index contributed by atoms with van der Waals surface area (Å²) in [5.74, 6) is -0.469. The molecule has 1 heterocycles. The van der Waals surface area contributed by atoms with E-state index in [9.17, 15) is 14.4 Å². The molecule has 25 heavy (non-hydrogen) atoms. The number of methoxy groups -OCH3 is 1. The van der Waals surface area contributed by atoms with Crippen molar-refractivity contribution in [1.29, 1.82) is 0 Å². The van der Waals surface area contributed by atoms with Crippen LogP contribution in [0, 0.1) is 0 Å². The lowest BCUT2D eigenvalue weighted by Crippen LogP contribution is -2.29. The van der Waals surface area contributed by atoms with Crippen LogP contribution in [0.1, 0.15) is 40.5 Å². The molecular formula is C19H18N2O4. The molecule has 6 heteroatoms. The number of nitrogens with zero attached hydrogens (tertiary/aromatic N) is 1. The molecule has 0 saturated heterocycles. The standard InChI is InChI=1S/C19H18N2O4/c1-3-6-17(22)20-15-10-9-12(11-16(15)25-2)21-18(23)13-7-4-5-8-14(13)19(21)24/h4-5,7-11H,3,6H2,1-2H3,(H,20,22). The van der Waals surface area contributed by atoms with Crippen molar-refractivity contribution in [3.8, 4) is 5.75 Å². The Bertz CT molecular complexity index is 825. The van der Waals surface area contributed by atoms with Crippen molar-refractivity contribution in [2.75, 3.05) is 17.3 Å². The summed E-state index contributed by atoms with van der Waals surface area (Å²) >= 11 is 0. The van der Waals surface area contributed by atoms with E-state index in [2.05, 4.69) is 5.32 Å². The van der Waals surface area contributed by atoms with Gasteiger partial charge in [0.05, 0.1) is 29.6 Å². The van der Waals surface area contributed by atoms with E-state index in [-0.39, 0.29) is 17.7 Å². The van der Waals surface area contributed by atoms with Gasteiger partial charge in [0.25, 0.3) is 11.8 Å². The number of imide groups is 1. The van der Waals surface area contributed by atoms with Crippen molar-refractivity contribution in [3.05, 3.63) is 53.6 Å². The maximum Gasteiger partial charge on any atom is 0.266 e. The van der Waals surface area contributed by atoms with Gasteiger partial charge in [0, 0.05) is 12.5 Å². The molecule has 1 aliphatic heterocycles. The van der Waals surface area contributed by atoms with E-state index >= 15 is 0 Å². The minimum atomic E-state index is -0.370. The number of rotatable bonds is 5. The summed E-state index contributed by atoms with van der Waals surface area (Å²) in [6, 6.07) is 11.5. The SMILES string of the molecule is CCCC(=O)Nc1ccc(N2C(=O)c3ccccc3C2=O)cc1OC. The number of fused-ring (bicyclic) bond motifs is 1. The molecule has 0 bridgehead atoms. The van der Waals surface area contributed by atoms with Crippen LogP contribution in [-0.2, 0) is 4.79 Å². The Kier molecular flexibility index (Phi) is 4.52. The average Bonchev–Trinajstić information content (AvgIpc) is 2.87. The van der Waals surface area contributed by atoms with Gasteiger partial charge in [-0.05, 0) is 30.7 Å². The van der Waals surface area contributed by atoms with Crippen LogP contribution in [0.5, 0.6) is 5.75 Å². The number of anilines is 2. The van der Waals surface area contributed by atoms with E-state index in [1.165, 1.54) is 7.11 Å². The van der Waals surface area contributed by atoms with Gasteiger partial charge in [-0.1, -0.05) is 19.1 Å². The second-order valence-corrected chi connectivity index (χ2v) is 5.67. The number of hydrogen-bond acceptors (Lipinski definition) is 4. The highest BCUT2D eigenvalue weighted by molar-refractivity contribution is 6.34. The first-order chi connectivity index (χ1) is 12.1. The first-order valence-corrected chi connectivity index (χ1v) is 8.02. The normalized spacial score (nSPS) is 13.0. The highest BCUT2D eigenvalue weighted by Crippen LogP contribution is 2.34. The Balaban J connectivity index is 1.93. The van der Waals surface area contributed by atoms with Gasteiger partial charge in [0.15, 0.2) is 0 Å². The van der Waals surface area contributed by atoms with Crippen LogP contribution in [0.4, 0.5) is 11.4 Å². The number of nitrogens with one attached hydrogen (secondary N) is 1. The summed E-state index contributed by atoms with van der Waals surface area (Å²) in [7, 11) is 1.47. The number of benzene rings is 2. The second kappa shape index (κ2) is 6.76.